The average molecular weight is 1550 g/mol. The first-order valence-electron chi connectivity index (χ1n) is 32.5. The number of hydrogen-bond acceptors (Lipinski definition) is 31. The number of carbonyl (C=O) groups is 3. The fourth-order valence-electron chi connectivity index (χ4n) is 12.1. The van der Waals surface area contributed by atoms with Gasteiger partial charge < -0.3 is 84.6 Å². The third-order valence-corrected chi connectivity index (χ3v) is 21.0. The number of hydrogen-bond donors (Lipinski definition) is 0. The van der Waals surface area contributed by atoms with Crippen molar-refractivity contribution in [2.75, 3.05) is 170 Å². The molecule has 4 aromatic rings. The Balaban J connectivity index is 1.11. The Morgan fingerprint density at radius 1 is 0.505 bits per heavy atom. The monoisotopic (exact) mass is 1550 g/mol. The second-order valence-electron chi connectivity index (χ2n) is 23.8. The van der Waals surface area contributed by atoms with Crippen molar-refractivity contribution in [3.8, 4) is 0 Å². The van der Waals surface area contributed by atoms with Crippen LogP contribution in [0.2, 0.25) is 0 Å². The normalized spacial score (nSPS) is 18.0. The van der Waals surface area contributed by atoms with Crippen molar-refractivity contribution < 1.29 is 141 Å². The molecule has 0 aliphatic carbocycles. The first kappa shape index (κ1) is 84.1. The number of nitrogens with zero attached hydrogens (tertiary/aromatic N) is 3. The molecule has 0 aromatic heterocycles. The molecule has 0 spiro atoms. The van der Waals surface area contributed by atoms with Gasteiger partial charge in [0.15, 0.2) is 12.3 Å². The molecular weight excluding hydrogens is 1460 g/mol. The lowest BCUT2D eigenvalue weighted by Gasteiger charge is -2.31. The molecule has 2 amide bonds. The van der Waals surface area contributed by atoms with E-state index in [1.165, 1.54) is 25.3 Å². The number of rotatable bonds is 48. The molecule has 0 radical (unpaired) electrons. The molecule has 103 heavy (non-hydrogen) atoms. The number of amides is 2. The number of hydroxylamine groups is 2. The van der Waals surface area contributed by atoms with Gasteiger partial charge in [-0.1, -0.05) is 24.3 Å². The van der Waals surface area contributed by atoms with Crippen molar-refractivity contribution in [3.63, 3.8) is 0 Å². The summed E-state index contributed by atoms with van der Waals surface area (Å²) in [6, 6.07) is 8.62. The maximum Gasteiger partial charge on any atom is 0.335 e. The highest BCUT2D eigenvalue weighted by molar-refractivity contribution is 7.87. The fraction of sp³-hybridized carbons (Fsp3) is 0.538. The largest absolute Gasteiger partial charge is 0.748 e. The molecule has 1 saturated heterocycles. The topological polar surface area (TPSA) is 457 Å². The zero-order valence-electron chi connectivity index (χ0n) is 57.1. The predicted molar refractivity (Wildman–Crippen MR) is 359 cm³/mol. The summed E-state index contributed by atoms with van der Waals surface area (Å²) < 4.78 is 253. The summed E-state index contributed by atoms with van der Waals surface area (Å²) in [6.07, 6.45) is 7.66. The van der Waals surface area contributed by atoms with Crippen LogP contribution in [-0.4, -0.2) is 263 Å². The Labute approximate surface area is 598 Å². The van der Waals surface area contributed by atoms with E-state index >= 15 is 0 Å². The van der Waals surface area contributed by atoms with Gasteiger partial charge in [0.05, 0.1) is 160 Å². The van der Waals surface area contributed by atoms with Crippen LogP contribution in [-0.2, 0) is 133 Å². The number of fused-ring (bicyclic) bond motifs is 6. The van der Waals surface area contributed by atoms with Crippen LogP contribution in [0.4, 0.5) is 11.4 Å². The predicted octanol–water partition coefficient (Wildman–Crippen LogP) is 2.89. The van der Waals surface area contributed by atoms with Crippen molar-refractivity contribution in [3.05, 3.63) is 95.7 Å². The quantitative estimate of drug-likeness (QED) is 0.0202. The van der Waals surface area contributed by atoms with Gasteiger partial charge in [0, 0.05) is 85.9 Å². The second-order valence-corrected chi connectivity index (χ2v) is 30.8. The van der Waals surface area contributed by atoms with Crippen LogP contribution < -0.4 is 4.90 Å². The zero-order valence-corrected chi connectivity index (χ0v) is 61.2. The van der Waals surface area contributed by atoms with E-state index in [0.29, 0.717) is 58.8 Å². The maximum atomic E-state index is 13.0. The summed E-state index contributed by atoms with van der Waals surface area (Å²) in [4.78, 5) is 37.7. The van der Waals surface area contributed by atoms with Crippen molar-refractivity contribution >= 4 is 107 Å². The van der Waals surface area contributed by atoms with Gasteiger partial charge in [0.1, 0.15) is 47.1 Å². The summed E-state index contributed by atoms with van der Waals surface area (Å²) in [5.41, 5.74) is -0.564. The molecule has 0 bridgehead atoms. The molecule has 572 valence electrons. The van der Waals surface area contributed by atoms with Crippen LogP contribution in [0.15, 0.2) is 104 Å². The van der Waals surface area contributed by atoms with Crippen LogP contribution in [0.25, 0.3) is 21.5 Å². The first-order chi connectivity index (χ1) is 48.8. The standard InChI is InChI=1S/C65H87N3O30S5/c1-64(18-8-42-99(72,73)74)57(66(20-24-87-3)53-13-11-49-51(62(53)64)43-47(100(75,76)77)45-55(49)102(81,82)83)9-6-5-7-10-58-65(2,19-23-90-29-32-94-35-34-92-27-26-88-4)63-52-44-48(101(78,79)80)46-56(103(84,85)86)50(52)12-14-54(63)67(58)21-25-91-30-33-95-37-39-97-41-40-96-38-36-93-31-28-89-22-17-61(71)98-68-59(69)15-16-60(68)70/h5-7,9-14,43-46H,8,15-42H2,1-4H3,(H4-,72,73,74,75,76,77,78,79,80,81,82,83,84,85,86)/p-4. The van der Waals surface area contributed by atoms with E-state index in [0.717, 1.165) is 12.1 Å². The second kappa shape index (κ2) is 38.4. The summed E-state index contributed by atoms with van der Waals surface area (Å²) in [6.45, 7) is 7.26. The highest BCUT2D eigenvalue weighted by atomic mass is 32.2. The van der Waals surface area contributed by atoms with Gasteiger partial charge in [-0.25, -0.2) is 46.9 Å². The van der Waals surface area contributed by atoms with Crippen LogP contribution in [0.1, 0.15) is 63.5 Å². The van der Waals surface area contributed by atoms with E-state index in [4.69, 9.17) is 56.9 Å². The molecule has 2 atom stereocenters. The number of benzene rings is 4. The number of imide groups is 1. The Morgan fingerprint density at radius 3 is 1.44 bits per heavy atom. The van der Waals surface area contributed by atoms with Crippen molar-refractivity contribution in [1.29, 1.82) is 0 Å². The minimum Gasteiger partial charge on any atom is -0.748 e. The van der Waals surface area contributed by atoms with Gasteiger partial charge in [0.2, 0.25) is 5.69 Å². The van der Waals surface area contributed by atoms with Gasteiger partial charge in [-0.05, 0) is 97.3 Å². The summed E-state index contributed by atoms with van der Waals surface area (Å²) >= 11 is 0. The molecule has 3 heterocycles. The van der Waals surface area contributed by atoms with Crippen molar-refractivity contribution in [2.24, 2.45) is 0 Å². The third kappa shape index (κ3) is 23.4. The van der Waals surface area contributed by atoms with E-state index in [-0.39, 0.29) is 198 Å². The zero-order chi connectivity index (χ0) is 75.2. The van der Waals surface area contributed by atoms with E-state index in [2.05, 4.69) is 0 Å². The number of allylic oxidation sites excluding steroid dienone is 6. The SMILES string of the molecule is COCCOCCOCCOCCC1(C)\C(=C/C=C/C=C/C2=[N+](CCOC)c3ccc4c(S(=O)(=O)[O-])cc(S(=O)(=O)[O-])cc4c3C2(C)CCCS(=O)(=O)[O-])N(CCOCCOCCOCCOCCOCCOCCC(=O)ON2C(=O)CCC2=O)c2ccc3c(S(=O)(=O)[O-])cc(S(=O)(=O)[O-])cc3c21. The molecule has 38 heteroatoms. The van der Waals surface area contributed by atoms with E-state index in [1.807, 2.05) is 4.90 Å². The molecule has 2 unspecified atom stereocenters. The summed E-state index contributed by atoms with van der Waals surface area (Å²) in [5.74, 6) is -2.76. The lowest BCUT2D eigenvalue weighted by atomic mass is 9.74. The Morgan fingerprint density at radius 2 is 0.961 bits per heavy atom. The molecule has 4 aromatic carbocycles. The lowest BCUT2D eigenvalue weighted by molar-refractivity contribution is -0.441. The van der Waals surface area contributed by atoms with E-state index in [9.17, 15) is 79.2 Å². The van der Waals surface area contributed by atoms with Gasteiger partial charge in [-0.15, -0.1) is 5.06 Å². The van der Waals surface area contributed by atoms with E-state index < -0.39 is 105 Å². The highest BCUT2D eigenvalue weighted by Crippen LogP contribution is 2.54. The Bertz CT molecular complexity index is 4360. The molecule has 7 rings (SSSR count). The van der Waals surface area contributed by atoms with Gasteiger partial charge in [0.25, 0.3) is 11.8 Å². The molecule has 0 saturated carbocycles. The van der Waals surface area contributed by atoms with Crippen molar-refractivity contribution in [2.45, 2.75) is 82.8 Å². The fourth-order valence-corrected chi connectivity index (χ4v) is 15.2. The van der Waals surface area contributed by atoms with Crippen molar-refractivity contribution in [1.82, 2.24) is 5.06 Å². The minimum atomic E-state index is -5.44. The number of ether oxygens (including phenoxy) is 11. The molecule has 1 fully saturated rings. The third-order valence-electron chi connectivity index (χ3n) is 16.8. The molecule has 33 nitrogen and oxygen atoms in total. The molecule has 3 aliphatic heterocycles. The summed E-state index contributed by atoms with van der Waals surface area (Å²) in [7, 11) is -23.5. The van der Waals surface area contributed by atoms with Gasteiger partial charge in [-0.3, -0.25) is 9.59 Å². The minimum absolute atomic E-state index is 0.000226. The lowest BCUT2D eigenvalue weighted by Crippen LogP contribution is -2.32. The van der Waals surface area contributed by atoms with E-state index in [1.54, 1.807) is 62.0 Å². The Kier molecular flexibility index (Phi) is 31.3. The number of anilines is 1. The van der Waals surface area contributed by atoms with Crippen LogP contribution in [0.5, 0.6) is 0 Å². The first-order valence-corrected chi connectivity index (χ1v) is 39.7. The number of carbonyl (C=O) groups excluding carboxylic acids is 3. The van der Waals surface area contributed by atoms with Gasteiger partial charge >= 0.3 is 5.97 Å². The highest BCUT2D eigenvalue weighted by Gasteiger charge is 2.49. The average Bonchev–Trinajstić information content (AvgIpc) is 1.58. The molecule has 0 N–H and O–H groups in total. The van der Waals surface area contributed by atoms with Crippen LogP contribution >= 0.6 is 0 Å². The summed E-state index contributed by atoms with van der Waals surface area (Å²) in [5, 5.41) is -0.111. The van der Waals surface area contributed by atoms with Gasteiger partial charge in [-0.2, -0.15) is 4.58 Å². The smallest absolute Gasteiger partial charge is 0.335 e. The molecule has 3 aliphatic rings. The maximum absolute atomic E-state index is 13.0. The number of methoxy groups -OCH3 is 2. The Hall–Kier alpha value is -6.19. The van der Waals surface area contributed by atoms with Crippen LogP contribution in [0, 0.1) is 0 Å². The molecular formula is C65H83N3O30S5-4. The van der Waals surface area contributed by atoms with Crippen LogP contribution in [0.3, 0.4) is 0 Å².